The summed E-state index contributed by atoms with van der Waals surface area (Å²) in [4.78, 5) is 23.6. The van der Waals surface area contributed by atoms with Crippen molar-refractivity contribution in [2.24, 2.45) is 0 Å². The van der Waals surface area contributed by atoms with E-state index in [1.165, 1.54) is 17.1 Å². The van der Waals surface area contributed by atoms with Crippen molar-refractivity contribution in [3.05, 3.63) is 12.2 Å². The smallest absolute Gasteiger partial charge is 0.253 e. The summed E-state index contributed by atoms with van der Waals surface area (Å²) in [5.41, 5.74) is 0. The third-order valence-electron chi connectivity index (χ3n) is 2.11. The zero-order valence-corrected chi connectivity index (χ0v) is 9.04. The largest absolute Gasteiger partial charge is 0.273 e. The van der Waals surface area contributed by atoms with Crippen LogP contribution in [0.2, 0.25) is 0 Å². The van der Waals surface area contributed by atoms with Gasteiger partial charge in [-0.15, -0.1) is 0 Å². The van der Waals surface area contributed by atoms with Crippen LogP contribution in [0.5, 0.6) is 0 Å². The molecule has 0 saturated heterocycles. The highest BCUT2D eigenvalue weighted by molar-refractivity contribution is 7.84. The molecule has 0 aromatic heterocycles. The summed E-state index contributed by atoms with van der Waals surface area (Å²) in [6.45, 7) is 1.79. The Labute approximate surface area is 85.4 Å². The van der Waals surface area contributed by atoms with Crippen molar-refractivity contribution in [3.8, 4) is 0 Å². The van der Waals surface area contributed by atoms with E-state index in [0.717, 1.165) is 0 Å². The van der Waals surface area contributed by atoms with Gasteiger partial charge in [0.05, 0.1) is 0 Å². The minimum absolute atomic E-state index is 0.172. The monoisotopic (exact) mass is 215 g/mol. The number of rotatable bonds is 4. The molecular weight excluding hydrogens is 202 g/mol. The van der Waals surface area contributed by atoms with Crippen molar-refractivity contribution >= 4 is 22.6 Å². The molecule has 0 radical (unpaired) electrons. The highest BCUT2D eigenvalue weighted by atomic mass is 32.2. The molecule has 0 saturated carbocycles. The molecule has 0 fully saturated rings. The minimum atomic E-state index is -0.878. The fourth-order valence-electron chi connectivity index (χ4n) is 1.31. The first-order chi connectivity index (χ1) is 6.52. The van der Waals surface area contributed by atoms with E-state index in [9.17, 15) is 13.8 Å². The van der Waals surface area contributed by atoms with Gasteiger partial charge in [-0.3, -0.25) is 18.7 Å². The van der Waals surface area contributed by atoms with Crippen LogP contribution in [0.25, 0.3) is 0 Å². The van der Waals surface area contributed by atoms with Gasteiger partial charge < -0.3 is 0 Å². The van der Waals surface area contributed by atoms with Crippen LogP contribution in [0.4, 0.5) is 0 Å². The minimum Gasteiger partial charge on any atom is -0.273 e. The SMILES string of the molecule is CC(CCS(C)=O)N1C(=O)C=CC1=O. The van der Waals surface area contributed by atoms with E-state index in [0.29, 0.717) is 12.2 Å². The lowest BCUT2D eigenvalue weighted by molar-refractivity contribution is -0.139. The number of hydrogen-bond donors (Lipinski definition) is 0. The molecular formula is C9H13NO3S. The second-order valence-corrected chi connectivity index (χ2v) is 4.85. The standard InChI is InChI=1S/C9H13NO3S/c1-7(5-6-14(2)13)10-8(11)3-4-9(10)12/h3-4,7H,5-6H2,1-2H3. The fourth-order valence-corrected chi connectivity index (χ4v) is 1.98. The fraction of sp³-hybridized carbons (Fsp3) is 0.556. The van der Waals surface area contributed by atoms with Crippen molar-refractivity contribution in [1.82, 2.24) is 4.90 Å². The zero-order valence-electron chi connectivity index (χ0n) is 8.23. The van der Waals surface area contributed by atoms with Crippen LogP contribution in [0.1, 0.15) is 13.3 Å². The van der Waals surface area contributed by atoms with E-state index < -0.39 is 10.8 Å². The van der Waals surface area contributed by atoms with Crippen molar-refractivity contribution in [2.75, 3.05) is 12.0 Å². The normalized spacial score (nSPS) is 20.3. The molecule has 5 heteroatoms. The van der Waals surface area contributed by atoms with Crippen LogP contribution in [-0.4, -0.2) is 39.0 Å². The van der Waals surface area contributed by atoms with Gasteiger partial charge in [-0.1, -0.05) is 0 Å². The molecule has 0 aromatic carbocycles. The first kappa shape index (κ1) is 11.1. The predicted octanol–water partition coefficient (Wildman–Crippen LogP) is 0.0685. The van der Waals surface area contributed by atoms with Crippen molar-refractivity contribution in [1.29, 1.82) is 0 Å². The van der Waals surface area contributed by atoms with Gasteiger partial charge in [0.2, 0.25) is 0 Å². The summed E-state index contributed by atoms with van der Waals surface area (Å²) in [5, 5.41) is 0. The molecule has 2 atom stereocenters. The lowest BCUT2D eigenvalue weighted by Crippen LogP contribution is -2.38. The average molecular weight is 215 g/mol. The molecule has 1 heterocycles. The van der Waals surface area contributed by atoms with E-state index in [-0.39, 0.29) is 17.9 Å². The first-order valence-corrected chi connectivity index (χ1v) is 6.10. The van der Waals surface area contributed by atoms with Gasteiger partial charge >= 0.3 is 0 Å². The van der Waals surface area contributed by atoms with Crippen LogP contribution in [-0.2, 0) is 20.4 Å². The molecule has 0 N–H and O–H groups in total. The van der Waals surface area contributed by atoms with E-state index >= 15 is 0 Å². The molecule has 0 bridgehead atoms. The van der Waals surface area contributed by atoms with Crippen molar-refractivity contribution in [3.63, 3.8) is 0 Å². The second kappa shape index (κ2) is 4.50. The van der Waals surface area contributed by atoms with Gasteiger partial charge in [0.15, 0.2) is 0 Å². The number of carbonyl (C=O) groups is 2. The summed E-state index contributed by atoms with van der Waals surface area (Å²) >= 11 is 0. The Bertz CT molecular complexity index is 293. The van der Waals surface area contributed by atoms with Crippen LogP contribution in [0.3, 0.4) is 0 Å². The number of hydrogen-bond acceptors (Lipinski definition) is 3. The molecule has 2 unspecified atom stereocenters. The second-order valence-electron chi connectivity index (χ2n) is 3.29. The molecule has 0 spiro atoms. The highest BCUT2D eigenvalue weighted by Crippen LogP contribution is 2.11. The van der Waals surface area contributed by atoms with E-state index in [4.69, 9.17) is 0 Å². The third kappa shape index (κ3) is 2.51. The summed E-state index contributed by atoms with van der Waals surface area (Å²) in [6.07, 6.45) is 4.73. The Hall–Kier alpha value is -0.970. The molecule has 1 aliphatic rings. The summed E-state index contributed by atoms with van der Waals surface area (Å²) < 4.78 is 10.8. The van der Waals surface area contributed by atoms with Crippen LogP contribution < -0.4 is 0 Å². The summed E-state index contributed by atoms with van der Waals surface area (Å²) in [5.74, 6) is -0.0353. The molecule has 14 heavy (non-hydrogen) atoms. The van der Waals surface area contributed by atoms with Crippen LogP contribution in [0.15, 0.2) is 12.2 Å². The van der Waals surface area contributed by atoms with Crippen molar-refractivity contribution < 1.29 is 13.8 Å². The summed E-state index contributed by atoms with van der Waals surface area (Å²) in [6, 6.07) is -0.172. The van der Waals surface area contributed by atoms with Gasteiger partial charge in [0.1, 0.15) is 0 Å². The summed E-state index contributed by atoms with van der Waals surface area (Å²) in [7, 11) is -0.878. The van der Waals surface area contributed by atoms with Gasteiger partial charge in [-0.2, -0.15) is 0 Å². The van der Waals surface area contributed by atoms with Crippen molar-refractivity contribution in [2.45, 2.75) is 19.4 Å². The Morgan fingerprint density at radius 2 is 1.86 bits per heavy atom. The Balaban J connectivity index is 2.52. The molecule has 2 amide bonds. The average Bonchev–Trinajstić information content (AvgIpc) is 2.42. The van der Waals surface area contributed by atoms with Crippen LogP contribution in [0, 0.1) is 0 Å². The Morgan fingerprint density at radius 3 is 2.29 bits per heavy atom. The topological polar surface area (TPSA) is 54.5 Å². The van der Waals surface area contributed by atoms with Gasteiger partial charge in [-0.25, -0.2) is 0 Å². The lowest BCUT2D eigenvalue weighted by atomic mass is 10.2. The maximum Gasteiger partial charge on any atom is 0.253 e. The maximum atomic E-state index is 11.2. The lowest BCUT2D eigenvalue weighted by Gasteiger charge is -2.21. The van der Waals surface area contributed by atoms with Gasteiger partial charge in [0, 0.05) is 41.0 Å². The molecule has 78 valence electrons. The van der Waals surface area contributed by atoms with E-state index in [2.05, 4.69) is 0 Å². The highest BCUT2D eigenvalue weighted by Gasteiger charge is 2.27. The van der Waals surface area contributed by atoms with Gasteiger partial charge in [0.25, 0.3) is 11.8 Å². The molecule has 1 aliphatic heterocycles. The predicted molar refractivity (Wildman–Crippen MR) is 54.0 cm³/mol. The zero-order chi connectivity index (χ0) is 10.7. The first-order valence-electron chi connectivity index (χ1n) is 4.37. The molecule has 0 aromatic rings. The van der Waals surface area contributed by atoms with E-state index in [1.54, 1.807) is 13.2 Å². The van der Waals surface area contributed by atoms with Gasteiger partial charge in [-0.05, 0) is 13.3 Å². The Morgan fingerprint density at radius 1 is 1.36 bits per heavy atom. The quantitative estimate of drug-likeness (QED) is 0.623. The third-order valence-corrected chi connectivity index (χ3v) is 2.92. The number of imide groups is 1. The number of carbonyl (C=O) groups excluding carboxylic acids is 2. The molecule has 4 nitrogen and oxygen atoms in total. The van der Waals surface area contributed by atoms with E-state index in [1.807, 2.05) is 0 Å². The van der Waals surface area contributed by atoms with Crippen LogP contribution >= 0.6 is 0 Å². The molecule has 1 rings (SSSR count). The number of amides is 2. The molecule has 0 aliphatic carbocycles. The number of nitrogens with zero attached hydrogens (tertiary/aromatic N) is 1. The Kier molecular flexibility index (Phi) is 3.57. The maximum absolute atomic E-state index is 11.2.